The van der Waals surface area contributed by atoms with Crippen molar-refractivity contribution >= 4 is 5.97 Å². The molecular weight excluding hydrogens is 264 g/mol. The number of carbonyl (C=O) groups is 1. The predicted molar refractivity (Wildman–Crippen MR) is 83.0 cm³/mol. The summed E-state index contributed by atoms with van der Waals surface area (Å²) in [5.41, 5.74) is 4.01. The number of rotatable bonds is 5. The highest BCUT2D eigenvalue weighted by molar-refractivity contribution is 5.92. The lowest BCUT2D eigenvalue weighted by atomic mass is 9.94. The van der Waals surface area contributed by atoms with Crippen LogP contribution in [0.4, 0.5) is 0 Å². The van der Waals surface area contributed by atoms with Gasteiger partial charge in [-0.15, -0.1) is 0 Å². The Labute approximate surface area is 125 Å². The van der Waals surface area contributed by atoms with E-state index in [-0.39, 0.29) is 0 Å². The molecule has 0 fully saturated rings. The summed E-state index contributed by atoms with van der Waals surface area (Å²) >= 11 is 0. The molecule has 0 heterocycles. The highest BCUT2D eigenvalue weighted by atomic mass is 16.5. The summed E-state index contributed by atoms with van der Waals surface area (Å²) in [6.07, 6.45) is 0.677. The summed E-state index contributed by atoms with van der Waals surface area (Å²) in [5, 5.41) is 9.36. The molecule has 0 saturated carbocycles. The Bertz CT molecular complexity index is 645. The molecule has 2 rings (SSSR count). The van der Waals surface area contributed by atoms with E-state index in [0.29, 0.717) is 18.6 Å². The lowest BCUT2D eigenvalue weighted by molar-refractivity contribution is 0.0694. The van der Waals surface area contributed by atoms with Crippen molar-refractivity contribution in [3.8, 4) is 5.75 Å². The van der Waals surface area contributed by atoms with Crippen LogP contribution in [0, 0.1) is 13.8 Å². The number of hydrogen-bond acceptors (Lipinski definition) is 2. The standard InChI is InChI=1S/C18H20O3/c1-4-15-13(3)16(10-12(2)17(15)18(19)20)21-11-14-8-6-5-7-9-14/h5-10H,4,11H2,1-3H3,(H,19,20). The Morgan fingerprint density at radius 1 is 1.19 bits per heavy atom. The second-order valence-corrected chi connectivity index (χ2v) is 5.10. The Morgan fingerprint density at radius 3 is 2.43 bits per heavy atom. The maximum absolute atomic E-state index is 11.4. The first-order valence-electron chi connectivity index (χ1n) is 7.07. The number of ether oxygens (including phenoxy) is 1. The second-order valence-electron chi connectivity index (χ2n) is 5.10. The van der Waals surface area contributed by atoms with Gasteiger partial charge in [0.05, 0.1) is 5.56 Å². The molecule has 3 heteroatoms. The van der Waals surface area contributed by atoms with Crippen LogP contribution in [0.25, 0.3) is 0 Å². The highest BCUT2D eigenvalue weighted by Crippen LogP contribution is 2.29. The zero-order valence-electron chi connectivity index (χ0n) is 12.6. The van der Waals surface area contributed by atoms with Crippen LogP contribution in [0.2, 0.25) is 0 Å². The van der Waals surface area contributed by atoms with Crippen LogP contribution in [0.3, 0.4) is 0 Å². The van der Waals surface area contributed by atoms with E-state index in [4.69, 9.17) is 4.74 Å². The third-order valence-electron chi connectivity index (χ3n) is 3.67. The first-order valence-corrected chi connectivity index (χ1v) is 7.07. The van der Waals surface area contributed by atoms with Gasteiger partial charge in [0.2, 0.25) is 0 Å². The van der Waals surface area contributed by atoms with Gasteiger partial charge in [0.25, 0.3) is 0 Å². The molecule has 0 radical (unpaired) electrons. The van der Waals surface area contributed by atoms with Gasteiger partial charge in [-0.25, -0.2) is 4.79 Å². The third kappa shape index (κ3) is 3.24. The molecule has 0 amide bonds. The van der Waals surface area contributed by atoms with Gasteiger partial charge in [-0.2, -0.15) is 0 Å². The molecule has 0 aromatic heterocycles. The minimum Gasteiger partial charge on any atom is -0.489 e. The Balaban J connectivity index is 2.33. The van der Waals surface area contributed by atoms with Gasteiger partial charge in [-0.1, -0.05) is 37.3 Å². The molecule has 0 atom stereocenters. The summed E-state index contributed by atoms with van der Waals surface area (Å²) < 4.78 is 5.89. The summed E-state index contributed by atoms with van der Waals surface area (Å²) in [5.74, 6) is -0.111. The molecule has 2 aromatic rings. The number of aromatic carboxylic acids is 1. The normalized spacial score (nSPS) is 10.4. The average molecular weight is 284 g/mol. The van der Waals surface area contributed by atoms with Crippen molar-refractivity contribution in [3.05, 3.63) is 64.2 Å². The number of carboxylic acids is 1. The fourth-order valence-corrected chi connectivity index (χ4v) is 2.58. The fraction of sp³-hybridized carbons (Fsp3) is 0.278. The van der Waals surface area contributed by atoms with Crippen molar-refractivity contribution < 1.29 is 14.6 Å². The molecule has 0 aliphatic carbocycles. The molecule has 0 bridgehead atoms. The van der Waals surface area contributed by atoms with E-state index in [1.165, 1.54) is 0 Å². The van der Waals surface area contributed by atoms with Gasteiger partial charge in [-0.05, 0) is 48.6 Å². The van der Waals surface area contributed by atoms with E-state index in [2.05, 4.69) is 0 Å². The maximum Gasteiger partial charge on any atom is 0.336 e. The lowest BCUT2D eigenvalue weighted by Gasteiger charge is -2.16. The summed E-state index contributed by atoms with van der Waals surface area (Å²) in [6, 6.07) is 11.8. The van der Waals surface area contributed by atoms with Crippen molar-refractivity contribution in [1.29, 1.82) is 0 Å². The first kappa shape index (κ1) is 15.1. The fourth-order valence-electron chi connectivity index (χ4n) is 2.58. The van der Waals surface area contributed by atoms with Crippen LogP contribution in [-0.2, 0) is 13.0 Å². The minimum atomic E-state index is -0.873. The van der Waals surface area contributed by atoms with E-state index in [9.17, 15) is 9.90 Å². The van der Waals surface area contributed by atoms with Gasteiger partial charge < -0.3 is 9.84 Å². The van der Waals surface area contributed by atoms with Crippen LogP contribution < -0.4 is 4.74 Å². The van der Waals surface area contributed by atoms with E-state index < -0.39 is 5.97 Å². The van der Waals surface area contributed by atoms with Crippen molar-refractivity contribution in [2.45, 2.75) is 33.8 Å². The smallest absolute Gasteiger partial charge is 0.336 e. The quantitative estimate of drug-likeness (QED) is 0.897. The summed E-state index contributed by atoms with van der Waals surface area (Å²) in [7, 11) is 0. The van der Waals surface area contributed by atoms with Gasteiger partial charge in [0, 0.05) is 0 Å². The van der Waals surface area contributed by atoms with Crippen molar-refractivity contribution in [2.24, 2.45) is 0 Å². The Kier molecular flexibility index (Phi) is 4.63. The van der Waals surface area contributed by atoms with E-state index in [0.717, 1.165) is 28.0 Å². The monoisotopic (exact) mass is 284 g/mol. The maximum atomic E-state index is 11.4. The molecule has 0 saturated heterocycles. The van der Waals surface area contributed by atoms with Crippen LogP contribution >= 0.6 is 0 Å². The van der Waals surface area contributed by atoms with Crippen molar-refractivity contribution in [1.82, 2.24) is 0 Å². The van der Waals surface area contributed by atoms with Crippen LogP contribution in [0.15, 0.2) is 36.4 Å². The molecule has 0 unspecified atom stereocenters. The number of aryl methyl sites for hydroxylation is 1. The number of benzene rings is 2. The first-order chi connectivity index (χ1) is 10.0. The molecule has 21 heavy (non-hydrogen) atoms. The van der Waals surface area contributed by atoms with Crippen LogP contribution in [0.1, 0.15) is 39.5 Å². The molecule has 110 valence electrons. The summed E-state index contributed by atoms with van der Waals surface area (Å²) in [6.45, 7) is 6.19. The predicted octanol–water partition coefficient (Wildman–Crippen LogP) is 4.14. The van der Waals surface area contributed by atoms with Gasteiger partial charge in [0.1, 0.15) is 12.4 Å². The molecule has 2 aromatic carbocycles. The van der Waals surface area contributed by atoms with Crippen LogP contribution in [0.5, 0.6) is 5.75 Å². The highest BCUT2D eigenvalue weighted by Gasteiger charge is 2.18. The topological polar surface area (TPSA) is 46.5 Å². The molecule has 1 N–H and O–H groups in total. The number of hydrogen-bond donors (Lipinski definition) is 1. The lowest BCUT2D eigenvalue weighted by Crippen LogP contribution is -2.09. The van der Waals surface area contributed by atoms with Gasteiger partial charge in [-0.3, -0.25) is 0 Å². The molecule has 3 nitrogen and oxygen atoms in total. The van der Waals surface area contributed by atoms with Gasteiger partial charge in [0.15, 0.2) is 0 Å². The van der Waals surface area contributed by atoms with E-state index in [1.54, 1.807) is 0 Å². The zero-order valence-corrected chi connectivity index (χ0v) is 12.6. The largest absolute Gasteiger partial charge is 0.489 e. The number of carboxylic acid groups (broad SMARTS) is 1. The Morgan fingerprint density at radius 2 is 1.86 bits per heavy atom. The summed E-state index contributed by atoms with van der Waals surface area (Å²) in [4.78, 5) is 11.4. The van der Waals surface area contributed by atoms with E-state index >= 15 is 0 Å². The van der Waals surface area contributed by atoms with Crippen molar-refractivity contribution in [2.75, 3.05) is 0 Å². The molecule has 0 aliphatic heterocycles. The third-order valence-corrected chi connectivity index (χ3v) is 3.67. The molecule has 0 aliphatic rings. The Hall–Kier alpha value is -2.29. The van der Waals surface area contributed by atoms with E-state index in [1.807, 2.05) is 57.2 Å². The van der Waals surface area contributed by atoms with Gasteiger partial charge >= 0.3 is 5.97 Å². The molecule has 0 spiro atoms. The minimum absolute atomic E-state index is 0.405. The SMILES string of the molecule is CCc1c(C)c(OCc2ccccc2)cc(C)c1C(=O)O. The van der Waals surface area contributed by atoms with Crippen molar-refractivity contribution in [3.63, 3.8) is 0 Å². The van der Waals surface area contributed by atoms with Crippen LogP contribution in [-0.4, -0.2) is 11.1 Å². The zero-order chi connectivity index (χ0) is 15.4. The molecular formula is C18H20O3. The average Bonchev–Trinajstić information content (AvgIpc) is 2.48. The second kappa shape index (κ2) is 6.44.